The molecule has 188 valence electrons. The number of anilines is 2. The van der Waals surface area contributed by atoms with Crippen LogP contribution in [-0.2, 0) is 14.4 Å². The first-order chi connectivity index (χ1) is 17.6. The number of nitrogens with one attached hydrogen (secondary N) is 2. The molecule has 0 unspecified atom stereocenters. The third-order valence-electron chi connectivity index (χ3n) is 5.87. The molecule has 0 aliphatic carbocycles. The van der Waals surface area contributed by atoms with Crippen LogP contribution in [0, 0.1) is 20.8 Å². The Morgan fingerprint density at radius 3 is 2.35 bits per heavy atom. The number of ether oxygens (including phenoxy) is 1. The summed E-state index contributed by atoms with van der Waals surface area (Å²) in [6.07, 6.45) is 1.38. The molecule has 9 heteroatoms. The van der Waals surface area contributed by atoms with E-state index < -0.39 is 17.8 Å². The number of carbonyl (C=O) groups excluding carboxylic acids is 4. The molecule has 1 aliphatic rings. The number of hydrogen-bond acceptors (Lipinski definition) is 5. The van der Waals surface area contributed by atoms with Gasteiger partial charge in [-0.15, -0.1) is 0 Å². The van der Waals surface area contributed by atoms with Crippen molar-refractivity contribution in [2.24, 2.45) is 0 Å². The quantitative estimate of drug-likeness (QED) is 0.355. The Labute approximate surface area is 218 Å². The maximum atomic E-state index is 13.1. The molecule has 8 nitrogen and oxygen atoms in total. The predicted octanol–water partition coefficient (Wildman–Crippen LogP) is 4.95. The van der Waals surface area contributed by atoms with E-state index in [1.54, 1.807) is 43.3 Å². The van der Waals surface area contributed by atoms with Gasteiger partial charge in [-0.2, -0.15) is 0 Å². The molecule has 1 heterocycles. The summed E-state index contributed by atoms with van der Waals surface area (Å²) in [6.45, 7) is 5.50. The van der Waals surface area contributed by atoms with E-state index in [2.05, 4.69) is 10.6 Å². The number of rotatable bonds is 6. The minimum atomic E-state index is -0.847. The molecule has 3 aromatic carbocycles. The van der Waals surface area contributed by atoms with Gasteiger partial charge in [-0.05, 0) is 85.5 Å². The first kappa shape index (κ1) is 25.7. The Morgan fingerprint density at radius 1 is 0.946 bits per heavy atom. The number of amides is 5. The van der Waals surface area contributed by atoms with Crippen LogP contribution in [0.15, 0.2) is 66.2 Å². The van der Waals surface area contributed by atoms with Gasteiger partial charge in [-0.25, -0.2) is 9.69 Å². The summed E-state index contributed by atoms with van der Waals surface area (Å²) in [5.74, 6) is -1.43. The third kappa shape index (κ3) is 5.87. The summed E-state index contributed by atoms with van der Waals surface area (Å²) in [5, 5.41) is 5.33. The van der Waals surface area contributed by atoms with Crippen molar-refractivity contribution in [3.8, 4) is 5.75 Å². The standard InChI is InChI=1S/C28H24ClN3O5/c1-16-5-9-21(12-18(16)3)30-25(33)15-37-22-10-6-19(7-11-22)13-23-26(34)31-28(36)32(27(23)35)24-14-20(29)8-4-17(24)2/h4-14H,15H2,1-3H3,(H,30,33)(H,31,34,36)/b23-13+. The molecule has 1 aliphatic heterocycles. The number of barbiturate groups is 1. The van der Waals surface area contributed by atoms with Crippen molar-refractivity contribution in [1.82, 2.24) is 5.32 Å². The first-order valence-electron chi connectivity index (χ1n) is 11.4. The number of carbonyl (C=O) groups is 4. The second-order valence-electron chi connectivity index (χ2n) is 8.59. The fraction of sp³-hybridized carbons (Fsp3) is 0.143. The van der Waals surface area contributed by atoms with Crippen molar-refractivity contribution < 1.29 is 23.9 Å². The van der Waals surface area contributed by atoms with E-state index in [-0.39, 0.29) is 23.8 Å². The molecule has 1 fully saturated rings. The zero-order chi connectivity index (χ0) is 26.7. The summed E-state index contributed by atoms with van der Waals surface area (Å²) in [5.41, 5.74) is 4.15. The second kappa shape index (κ2) is 10.7. The van der Waals surface area contributed by atoms with Crippen LogP contribution in [0.4, 0.5) is 16.2 Å². The molecule has 2 N–H and O–H groups in total. The number of halogens is 1. The van der Waals surface area contributed by atoms with Crippen LogP contribution in [-0.4, -0.2) is 30.4 Å². The summed E-state index contributed by atoms with van der Waals surface area (Å²) in [7, 11) is 0. The fourth-order valence-electron chi connectivity index (χ4n) is 3.69. The van der Waals surface area contributed by atoms with Gasteiger partial charge in [0, 0.05) is 10.7 Å². The molecule has 0 atom stereocenters. The lowest BCUT2D eigenvalue weighted by Gasteiger charge is -2.27. The van der Waals surface area contributed by atoms with Crippen molar-refractivity contribution in [2.75, 3.05) is 16.8 Å². The van der Waals surface area contributed by atoms with E-state index in [9.17, 15) is 19.2 Å². The molecule has 3 aromatic rings. The van der Waals surface area contributed by atoms with Gasteiger partial charge in [-0.3, -0.25) is 19.7 Å². The highest BCUT2D eigenvalue weighted by molar-refractivity contribution is 6.39. The monoisotopic (exact) mass is 517 g/mol. The lowest BCUT2D eigenvalue weighted by molar-refractivity contribution is -0.122. The fourth-order valence-corrected chi connectivity index (χ4v) is 3.86. The average Bonchev–Trinajstić information content (AvgIpc) is 2.85. The van der Waals surface area contributed by atoms with Gasteiger partial charge in [-0.1, -0.05) is 35.9 Å². The van der Waals surface area contributed by atoms with Gasteiger partial charge in [0.2, 0.25) is 0 Å². The van der Waals surface area contributed by atoms with Crippen LogP contribution in [0.25, 0.3) is 6.08 Å². The van der Waals surface area contributed by atoms with Crippen LogP contribution >= 0.6 is 11.6 Å². The van der Waals surface area contributed by atoms with Gasteiger partial charge in [0.1, 0.15) is 11.3 Å². The van der Waals surface area contributed by atoms with Crippen LogP contribution in [0.3, 0.4) is 0 Å². The number of aryl methyl sites for hydroxylation is 3. The highest BCUT2D eigenvalue weighted by Crippen LogP contribution is 2.28. The minimum absolute atomic E-state index is 0.190. The molecule has 5 amide bonds. The summed E-state index contributed by atoms with van der Waals surface area (Å²) >= 11 is 6.05. The number of nitrogens with zero attached hydrogens (tertiary/aromatic N) is 1. The molecule has 0 bridgehead atoms. The van der Waals surface area contributed by atoms with Gasteiger partial charge >= 0.3 is 6.03 Å². The van der Waals surface area contributed by atoms with Gasteiger partial charge in [0.15, 0.2) is 6.61 Å². The van der Waals surface area contributed by atoms with Crippen molar-refractivity contribution >= 4 is 52.8 Å². The van der Waals surface area contributed by atoms with Crippen LogP contribution < -0.4 is 20.3 Å². The Balaban J connectivity index is 1.44. The zero-order valence-corrected chi connectivity index (χ0v) is 21.2. The predicted molar refractivity (Wildman–Crippen MR) is 142 cm³/mol. The largest absolute Gasteiger partial charge is 0.484 e. The number of urea groups is 1. The Hall–Kier alpha value is -4.43. The molecule has 0 radical (unpaired) electrons. The van der Waals surface area contributed by atoms with Crippen molar-refractivity contribution in [2.45, 2.75) is 20.8 Å². The first-order valence-corrected chi connectivity index (χ1v) is 11.8. The normalized spacial score (nSPS) is 14.5. The third-order valence-corrected chi connectivity index (χ3v) is 6.10. The molecule has 0 aromatic heterocycles. The molecular formula is C28H24ClN3O5. The molecule has 1 saturated heterocycles. The maximum Gasteiger partial charge on any atom is 0.335 e. The Morgan fingerprint density at radius 2 is 1.65 bits per heavy atom. The lowest BCUT2D eigenvalue weighted by Crippen LogP contribution is -2.54. The van der Waals surface area contributed by atoms with Gasteiger partial charge in [0.25, 0.3) is 17.7 Å². The van der Waals surface area contributed by atoms with E-state index in [4.69, 9.17) is 16.3 Å². The lowest BCUT2D eigenvalue weighted by atomic mass is 10.1. The zero-order valence-electron chi connectivity index (χ0n) is 20.4. The summed E-state index contributed by atoms with van der Waals surface area (Å²) < 4.78 is 5.55. The highest BCUT2D eigenvalue weighted by Gasteiger charge is 2.37. The van der Waals surface area contributed by atoms with Gasteiger partial charge in [0.05, 0.1) is 5.69 Å². The Bertz CT molecular complexity index is 1450. The summed E-state index contributed by atoms with van der Waals surface area (Å²) in [6, 6.07) is 16.1. The van der Waals surface area contributed by atoms with Gasteiger partial charge < -0.3 is 10.1 Å². The maximum absolute atomic E-state index is 13.1. The molecule has 0 saturated carbocycles. The number of imide groups is 2. The van der Waals surface area contributed by atoms with E-state index in [1.807, 2.05) is 32.0 Å². The molecule has 0 spiro atoms. The Kier molecular flexibility index (Phi) is 7.40. The van der Waals surface area contributed by atoms with Crippen LogP contribution in [0.1, 0.15) is 22.3 Å². The average molecular weight is 518 g/mol. The van der Waals surface area contributed by atoms with Crippen molar-refractivity contribution in [1.29, 1.82) is 0 Å². The van der Waals surface area contributed by atoms with Crippen LogP contribution in [0.2, 0.25) is 5.02 Å². The topological polar surface area (TPSA) is 105 Å². The van der Waals surface area contributed by atoms with E-state index in [0.29, 0.717) is 27.6 Å². The van der Waals surface area contributed by atoms with E-state index in [1.165, 1.54) is 12.1 Å². The molecule has 37 heavy (non-hydrogen) atoms. The number of hydrogen-bond donors (Lipinski definition) is 2. The minimum Gasteiger partial charge on any atom is -0.484 e. The van der Waals surface area contributed by atoms with E-state index in [0.717, 1.165) is 16.0 Å². The second-order valence-corrected chi connectivity index (χ2v) is 9.03. The van der Waals surface area contributed by atoms with Crippen molar-refractivity contribution in [3.05, 3.63) is 93.5 Å². The van der Waals surface area contributed by atoms with Crippen molar-refractivity contribution in [3.63, 3.8) is 0 Å². The highest BCUT2D eigenvalue weighted by atomic mass is 35.5. The SMILES string of the molecule is Cc1ccc(NC(=O)COc2ccc(/C=C3\C(=O)NC(=O)N(c4cc(Cl)ccc4C)C3=O)cc2)cc1C. The molecule has 4 rings (SSSR count). The van der Waals surface area contributed by atoms with E-state index >= 15 is 0 Å². The molecular weight excluding hydrogens is 494 g/mol. The number of benzene rings is 3. The summed E-state index contributed by atoms with van der Waals surface area (Å²) in [4.78, 5) is 51.1. The van der Waals surface area contributed by atoms with Crippen LogP contribution in [0.5, 0.6) is 5.75 Å². The smallest absolute Gasteiger partial charge is 0.335 e.